The Morgan fingerprint density at radius 2 is 1.37 bits per heavy atom. The first-order valence-corrected chi connectivity index (χ1v) is 34.8. The van der Waals surface area contributed by atoms with Crippen molar-refractivity contribution in [2.45, 2.75) is 143 Å². The molecule has 26 nitrogen and oxygen atoms in total. The number of fused-ring (bicyclic) bond motifs is 5. The molecule has 0 aliphatic carbocycles. The Morgan fingerprint density at radius 1 is 0.791 bits per heavy atom. The molecule has 0 saturated carbocycles. The molecule has 0 saturated heterocycles. The molecule has 0 bridgehead atoms. The summed E-state index contributed by atoms with van der Waals surface area (Å²) in [6.45, 7) is 24.6. The van der Waals surface area contributed by atoms with Crippen LogP contribution in [0.4, 0.5) is 4.79 Å². The fourth-order valence-corrected chi connectivity index (χ4v) is 11.0. The number of azide groups is 1. The fourth-order valence-electron chi connectivity index (χ4n) is 9.95. The smallest absolute Gasteiger partial charge is 0.509 e. The largest absolute Gasteiger partial charge is 0.543 e. The van der Waals surface area contributed by atoms with Gasteiger partial charge in [-0.3, -0.25) is 19.2 Å². The number of aromatic nitrogens is 2. The van der Waals surface area contributed by atoms with Crippen molar-refractivity contribution in [2.75, 3.05) is 139 Å². The van der Waals surface area contributed by atoms with E-state index < -0.39 is 49.5 Å². The predicted molar refractivity (Wildman–Crippen MR) is 340 cm³/mol. The molecule has 3 N–H and O–H groups in total. The van der Waals surface area contributed by atoms with E-state index in [-0.39, 0.29) is 85.9 Å². The number of cyclic esters (lactones) is 1. The van der Waals surface area contributed by atoms with Crippen LogP contribution in [-0.4, -0.2) is 192 Å². The molecule has 3 aromatic rings. The summed E-state index contributed by atoms with van der Waals surface area (Å²) in [7, 11) is -2.15. The molecular formula is C64H99N7O19Si. The first-order valence-electron chi connectivity index (χ1n) is 31.9. The SMILES string of the molecule is CCc1c2c(nc3ccc(O[Si](C)(C)C(C)(C)C)cc13)-c1cc3c(c(=O)n1C2)COC(=O)C3(CC)OC(=O)OCC(NC(=O)C(CCCCN)CC(=O)COCC(=O)CCCOCCOCCOCCOCCOCCOCCOCCOCCN=[N+]=[N-])C(C)C. The number of aryl methyl sites for hydroxylation is 1. The third-order valence-electron chi connectivity index (χ3n) is 16.2. The molecule has 3 atom stereocenters. The molecule has 0 radical (unpaired) electrons. The average molecular weight is 1300 g/mol. The molecule has 91 heavy (non-hydrogen) atoms. The highest BCUT2D eigenvalue weighted by molar-refractivity contribution is 6.74. The number of unbranched alkanes of at least 4 members (excludes halogenated alkanes) is 1. The van der Waals surface area contributed by atoms with E-state index in [2.05, 4.69) is 56.1 Å². The number of ether oxygens (including phenoxy) is 12. The summed E-state index contributed by atoms with van der Waals surface area (Å²) < 4.78 is 74.7. The summed E-state index contributed by atoms with van der Waals surface area (Å²) in [6.07, 6.45) is 1.40. The van der Waals surface area contributed by atoms with Gasteiger partial charge in [-0.25, -0.2) is 14.6 Å². The fraction of sp³-hybridized carbons (Fsp3) is 0.703. The second kappa shape index (κ2) is 39.6. The number of carbonyl (C=O) groups excluding carboxylic acids is 5. The van der Waals surface area contributed by atoms with Crippen molar-refractivity contribution in [3.8, 4) is 17.1 Å². The molecule has 1 aromatic carbocycles. The Bertz CT molecular complexity index is 2910. The zero-order valence-corrected chi connectivity index (χ0v) is 56.0. The summed E-state index contributed by atoms with van der Waals surface area (Å²) in [5.74, 6) is -2.11. The minimum absolute atomic E-state index is 0.00739. The third-order valence-corrected chi connectivity index (χ3v) is 20.5. The Kier molecular flexibility index (Phi) is 32.9. The Balaban J connectivity index is 0.986. The Hall–Kier alpha value is -5.94. The topological polar surface area (TPSA) is 327 Å². The van der Waals surface area contributed by atoms with Gasteiger partial charge in [0.2, 0.25) is 19.8 Å². The van der Waals surface area contributed by atoms with Gasteiger partial charge >= 0.3 is 12.1 Å². The number of esters is 1. The molecule has 2 aliphatic rings. The number of rotatable bonds is 48. The van der Waals surface area contributed by atoms with Gasteiger partial charge < -0.3 is 76.9 Å². The van der Waals surface area contributed by atoms with Crippen molar-refractivity contribution in [1.82, 2.24) is 14.9 Å². The van der Waals surface area contributed by atoms with Crippen LogP contribution in [0.2, 0.25) is 18.1 Å². The van der Waals surface area contributed by atoms with Crippen LogP contribution in [0.15, 0.2) is 34.2 Å². The summed E-state index contributed by atoms with van der Waals surface area (Å²) in [5.41, 5.74) is 15.6. The van der Waals surface area contributed by atoms with Crippen molar-refractivity contribution < 1.29 is 85.2 Å². The van der Waals surface area contributed by atoms with Crippen LogP contribution in [0.1, 0.15) is 116 Å². The van der Waals surface area contributed by atoms with Gasteiger partial charge in [0.25, 0.3) is 5.56 Å². The van der Waals surface area contributed by atoms with Gasteiger partial charge in [0.15, 0.2) is 11.6 Å². The van der Waals surface area contributed by atoms with E-state index in [0.29, 0.717) is 162 Å². The number of pyridine rings is 2. The first kappa shape index (κ1) is 75.8. The second-order valence-corrected chi connectivity index (χ2v) is 28.8. The number of nitrogens with two attached hydrogens (primary N) is 1. The highest BCUT2D eigenvalue weighted by Crippen LogP contribution is 2.44. The van der Waals surface area contributed by atoms with E-state index >= 15 is 0 Å². The van der Waals surface area contributed by atoms with Crippen LogP contribution in [0.25, 0.3) is 32.7 Å². The zero-order valence-electron chi connectivity index (χ0n) is 55.0. The van der Waals surface area contributed by atoms with Crippen molar-refractivity contribution in [2.24, 2.45) is 22.7 Å². The van der Waals surface area contributed by atoms with Crippen molar-refractivity contribution >= 4 is 48.8 Å². The van der Waals surface area contributed by atoms with E-state index in [0.717, 1.165) is 27.8 Å². The van der Waals surface area contributed by atoms with Crippen molar-refractivity contribution in [3.63, 3.8) is 0 Å². The maximum Gasteiger partial charge on any atom is 0.509 e. The van der Waals surface area contributed by atoms with E-state index in [1.165, 1.54) is 0 Å². The van der Waals surface area contributed by atoms with E-state index in [1.54, 1.807) is 17.6 Å². The number of hydrogen-bond acceptors (Lipinski definition) is 22. The number of amides is 1. The molecule has 508 valence electrons. The molecule has 0 fully saturated rings. The van der Waals surface area contributed by atoms with Gasteiger partial charge in [0.05, 0.1) is 134 Å². The lowest BCUT2D eigenvalue weighted by molar-refractivity contribution is -0.175. The lowest BCUT2D eigenvalue weighted by atomic mass is 9.85. The first-order chi connectivity index (χ1) is 43.7. The average Bonchev–Trinajstić information content (AvgIpc) is 1.61. The van der Waals surface area contributed by atoms with E-state index in [1.807, 2.05) is 32.0 Å². The van der Waals surface area contributed by atoms with Crippen LogP contribution in [0.3, 0.4) is 0 Å². The monoisotopic (exact) mass is 1300 g/mol. The van der Waals surface area contributed by atoms with E-state index in [4.69, 9.17) is 77.5 Å². The number of nitrogens with zero attached hydrogens (tertiary/aromatic N) is 5. The highest BCUT2D eigenvalue weighted by atomic mass is 28.4. The number of ketones is 2. The maximum absolute atomic E-state index is 14.5. The Morgan fingerprint density at radius 3 is 1.92 bits per heavy atom. The van der Waals surface area contributed by atoms with E-state index in [9.17, 15) is 28.8 Å². The molecule has 0 spiro atoms. The second-order valence-electron chi connectivity index (χ2n) is 24.1. The number of carbonyl (C=O) groups is 5. The van der Waals surface area contributed by atoms with Crippen molar-refractivity contribution in [1.29, 1.82) is 0 Å². The van der Waals surface area contributed by atoms with Crippen molar-refractivity contribution in [3.05, 3.63) is 67.3 Å². The molecule has 27 heteroatoms. The van der Waals surface area contributed by atoms with Gasteiger partial charge in [-0.05, 0) is 98.1 Å². The number of benzene rings is 1. The van der Waals surface area contributed by atoms with Crippen LogP contribution < -0.4 is 21.0 Å². The molecular weight excluding hydrogens is 1200 g/mol. The number of nitrogens with one attached hydrogen (secondary N) is 1. The number of hydrogen-bond donors (Lipinski definition) is 2. The lowest BCUT2D eigenvalue weighted by Gasteiger charge is -2.36. The molecule has 3 unspecified atom stereocenters. The summed E-state index contributed by atoms with van der Waals surface area (Å²) in [4.78, 5) is 89.6. The van der Waals surface area contributed by atoms with Crippen LogP contribution >= 0.6 is 0 Å². The van der Waals surface area contributed by atoms with Gasteiger partial charge in [-0.2, -0.15) is 0 Å². The molecule has 2 aliphatic heterocycles. The molecule has 1 amide bonds. The summed E-state index contributed by atoms with van der Waals surface area (Å²) >= 11 is 0. The minimum Gasteiger partial charge on any atom is -0.543 e. The summed E-state index contributed by atoms with van der Waals surface area (Å²) in [6, 6.07) is 6.87. The maximum atomic E-state index is 14.5. The standard InChI is InChI=1S/C64H99N7O19Si/c1-10-50-51-38-49(90-91(8,9)63(5,6)7)17-18-55(51)68-58-52(50)40-71-57(58)39-54-53(60(71)75)43-87-61(76)64(54,11-2)89-62(77)88-44-56(45(3)4)69-59(74)46(15-12-13-19-65)37-48(73)42-86-41-47(72)16-14-21-78-23-25-80-27-29-82-31-33-84-35-36-85-34-32-83-30-28-81-26-24-79-22-20-67-70-66/h17-18,38-39,45-46,56H,10-16,19-37,40-44,65H2,1-9H3,(H,69,74). The lowest BCUT2D eigenvalue weighted by Crippen LogP contribution is -2.48. The summed E-state index contributed by atoms with van der Waals surface area (Å²) in [5, 5.41) is 7.26. The minimum atomic E-state index is -2.15. The van der Waals surface area contributed by atoms with Gasteiger partial charge in [0, 0.05) is 53.3 Å². The van der Waals surface area contributed by atoms with Gasteiger partial charge in [-0.1, -0.05) is 60.0 Å². The van der Waals surface area contributed by atoms with Gasteiger partial charge in [0.1, 0.15) is 32.2 Å². The highest BCUT2D eigenvalue weighted by Gasteiger charge is 2.51. The van der Waals surface area contributed by atoms with Crippen LogP contribution in [-0.2, 0) is 101 Å². The predicted octanol–water partition coefficient (Wildman–Crippen LogP) is 7.84. The molecule has 5 rings (SSSR count). The van der Waals surface area contributed by atoms with Gasteiger partial charge in [-0.15, -0.1) is 0 Å². The quantitative estimate of drug-likeness (QED) is 0.0106. The number of Topliss-reactive ketones (excluding diaryl/α,β-unsaturated/α-hetero) is 2. The third kappa shape index (κ3) is 23.8. The normalized spacial score (nSPS) is 15.1. The van der Waals surface area contributed by atoms with Crippen LogP contribution in [0, 0.1) is 11.8 Å². The zero-order chi connectivity index (χ0) is 66.2. The van der Waals surface area contributed by atoms with Crippen LogP contribution in [0.5, 0.6) is 5.75 Å². The molecule has 2 aromatic heterocycles. The Labute approximate surface area is 535 Å². The molecule has 4 heterocycles.